The van der Waals surface area contributed by atoms with Gasteiger partial charge >= 0.3 is 5.97 Å². The van der Waals surface area contributed by atoms with Crippen molar-refractivity contribution in [3.8, 4) is 11.8 Å². The molecular weight excluding hydrogens is 334 g/mol. The number of esters is 1. The number of nitriles is 1. The van der Waals surface area contributed by atoms with Gasteiger partial charge in [-0.3, -0.25) is 4.79 Å². The quantitative estimate of drug-likeness (QED) is 0.293. The van der Waals surface area contributed by atoms with Crippen molar-refractivity contribution >= 4 is 12.4 Å². The second-order valence-corrected chi connectivity index (χ2v) is 5.41. The number of ether oxygens (including phenoxy) is 3. The van der Waals surface area contributed by atoms with Gasteiger partial charge in [0.1, 0.15) is 5.75 Å². The number of rotatable bonds is 9. The number of unbranched alkanes of at least 4 members (excludes halogenated alkanes) is 1. The van der Waals surface area contributed by atoms with Gasteiger partial charge in [-0.1, -0.05) is 12.2 Å². The molecule has 1 aliphatic carbocycles. The molecule has 0 aliphatic heterocycles. The Balaban J connectivity index is 1.85. The summed E-state index contributed by atoms with van der Waals surface area (Å²) in [6, 6.07) is 8.35. The summed E-state index contributed by atoms with van der Waals surface area (Å²) in [5, 5.41) is 8.77. The summed E-state index contributed by atoms with van der Waals surface area (Å²) in [5.74, 6) is 0.652. The van der Waals surface area contributed by atoms with Crippen LogP contribution in [0.2, 0.25) is 0 Å². The maximum absolute atomic E-state index is 12.2. The molecule has 0 heterocycles. The zero-order valence-electron chi connectivity index (χ0n) is 14.2. The largest absolute Gasteiger partial charge is 0.498 e. The van der Waals surface area contributed by atoms with Crippen LogP contribution in [0.1, 0.15) is 24.8 Å². The minimum Gasteiger partial charge on any atom is -0.498 e. The molecule has 0 saturated heterocycles. The molecule has 6 nitrogen and oxygen atoms in total. The van der Waals surface area contributed by atoms with E-state index >= 15 is 0 Å². The van der Waals surface area contributed by atoms with E-state index in [1.807, 2.05) is 12.1 Å². The van der Waals surface area contributed by atoms with Crippen LogP contribution in [0, 0.1) is 11.3 Å². The van der Waals surface area contributed by atoms with Crippen molar-refractivity contribution < 1.29 is 23.8 Å². The van der Waals surface area contributed by atoms with Gasteiger partial charge in [0, 0.05) is 6.42 Å². The predicted molar refractivity (Wildman–Crippen MR) is 93.9 cm³/mol. The van der Waals surface area contributed by atoms with Gasteiger partial charge in [-0.05, 0) is 49.3 Å². The van der Waals surface area contributed by atoms with Crippen molar-refractivity contribution in [2.45, 2.75) is 19.3 Å². The van der Waals surface area contributed by atoms with Crippen molar-refractivity contribution in [1.29, 1.82) is 5.26 Å². The second-order valence-electron chi connectivity index (χ2n) is 5.41. The molecule has 1 aromatic rings. The molecule has 6 heteroatoms. The fraction of sp³-hybridized carbons (Fsp3) is 0.250. The molecule has 0 bridgehead atoms. The maximum Gasteiger partial charge on any atom is 0.343 e. The fourth-order valence-corrected chi connectivity index (χ4v) is 2.15. The highest BCUT2D eigenvalue weighted by Crippen LogP contribution is 2.17. The number of benzene rings is 1. The number of nitrogens with zero attached hydrogens (tertiary/aromatic N) is 1. The Morgan fingerprint density at radius 3 is 2.65 bits per heavy atom. The molecule has 2 rings (SSSR count). The van der Waals surface area contributed by atoms with Crippen molar-refractivity contribution in [3.63, 3.8) is 0 Å². The van der Waals surface area contributed by atoms with Crippen LogP contribution < -0.4 is 4.74 Å². The Kier molecular flexibility index (Phi) is 7.69. The predicted octanol–water partition coefficient (Wildman–Crippen LogP) is 3.20. The molecule has 0 spiro atoms. The molecule has 1 aliphatic rings. The summed E-state index contributed by atoms with van der Waals surface area (Å²) < 4.78 is 15.6. The number of hydrogen-bond acceptors (Lipinski definition) is 6. The molecule has 134 valence electrons. The van der Waals surface area contributed by atoms with E-state index in [4.69, 9.17) is 14.7 Å². The smallest absolute Gasteiger partial charge is 0.343 e. The molecule has 0 N–H and O–H groups in total. The van der Waals surface area contributed by atoms with Crippen LogP contribution in [0.15, 0.2) is 59.9 Å². The van der Waals surface area contributed by atoms with Gasteiger partial charge in [-0.25, -0.2) is 4.79 Å². The highest BCUT2D eigenvalue weighted by Gasteiger charge is 2.11. The van der Waals surface area contributed by atoms with Crippen LogP contribution in [0.25, 0.3) is 0 Å². The zero-order chi connectivity index (χ0) is 18.6. The van der Waals surface area contributed by atoms with E-state index in [1.54, 1.807) is 42.5 Å². The normalized spacial score (nSPS) is 12.9. The van der Waals surface area contributed by atoms with Gasteiger partial charge in [0.15, 0.2) is 0 Å². The lowest BCUT2D eigenvalue weighted by Crippen LogP contribution is -2.09. The van der Waals surface area contributed by atoms with Crippen molar-refractivity contribution in [1.82, 2.24) is 0 Å². The molecule has 0 amide bonds. The molecular formula is C20H19NO5. The Labute approximate surface area is 152 Å². The number of allylic oxidation sites excluding steroid dienone is 3. The Morgan fingerprint density at radius 2 is 1.92 bits per heavy atom. The molecule has 0 fully saturated rings. The van der Waals surface area contributed by atoms with Crippen LogP contribution in [0.4, 0.5) is 0 Å². The Morgan fingerprint density at radius 1 is 1.15 bits per heavy atom. The third-order valence-electron chi connectivity index (χ3n) is 3.51. The summed E-state index contributed by atoms with van der Waals surface area (Å²) in [4.78, 5) is 22.2. The summed E-state index contributed by atoms with van der Waals surface area (Å²) in [5.41, 5.74) is 0.910. The van der Waals surface area contributed by atoms with E-state index in [1.165, 1.54) is 0 Å². The van der Waals surface area contributed by atoms with E-state index in [9.17, 15) is 9.59 Å². The minimum atomic E-state index is -0.477. The average molecular weight is 353 g/mol. The first kappa shape index (κ1) is 19.0. The van der Waals surface area contributed by atoms with Crippen LogP contribution in [-0.4, -0.2) is 25.7 Å². The Bertz CT molecular complexity index is 753. The van der Waals surface area contributed by atoms with Gasteiger partial charge in [-0.15, -0.1) is 0 Å². The minimum absolute atomic E-state index is 0.380. The lowest BCUT2D eigenvalue weighted by molar-refractivity contribution is -0.130. The third kappa shape index (κ3) is 6.29. The highest BCUT2D eigenvalue weighted by atomic mass is 16.5. The molecule has 0 atom stereocenters. The summed E-state index contributed by atoms with van der Waals surface area (Å²) in [6.07, 6.45) is 9.01. The first-order chi connectivity index (χ1) is 12.7. The van der Waals surface area contributed by atoms with Gasteiger partial charge in [0.25, 0.3) is 6.47 Å². The lowest BCUT2D eigenvalue weighted by atomic mass is 10.2. The number of hydrogen-bond donors (Lipinski definition) is 0. The van der Waals surface area contributed by atoms with Crippen LogP contribution in [0.5, 0.6) is 5.75 Å². The molecule has 0 unspecified atom stereocenters. The summed E-state index contributed by atoms with van der Waals surface area (Å²) in [7, 11) is 0. The Hall–Kier alpha value is -3.33. The van der Waals surface area contributed by atoms with Gasteiger partial charge in [-0.2, -0.15) is 5.26 Å². The molecule has 0 radical (unpaired) electrons. The van der Waals surface area contributed by atoms with E-state index < -0.39 is 5.97 Å². The van der Waals surface area contributed by atoms with Gasteiger partial charge < -0.3 is 14.2 Å². The van der Waals surface area contributed by atoms with Gasteiger partial charge in [0.2, 0.25) is 0 Å². The first-order valence-corrected chi connectivity index (χ1v) is 8.20. The van der Waals surface area contributed by atoms with E-state index in [0.717, 1.165) is 18.6 Å². The topological polar surface area (TPSA) is 85.6 Å². The SMILES string of the molecule is N#Cc1ccc(OC(=O)C2=CC=C(OCCCCOC=O)CC=C2)cc1. The number of carbonyl (C=O) groups is 2. The van der Waals surface area contributed by atoms with E-state index in [2.05, 4.69) is 4.74 Å². The second kappa shape index (κ2) is 10.5. The monoisotopic (exact) mass is 353 g/mol. The molecule has 1 aromatic carbocycles. The lowest BCUT2D eigenvalue weighted by Gasteiger charge is -2.07. The number of carbonyl (C=O) groups excluding carboxylic acids is 2. The standard InChI is InChI=1S/C20H19NO5/c21-14-16-6-9-19(10-7-16)26-20(23)17-4-3-5-18(11-8-17)25-13-2-1-12-24-15-22/h3-4,6-11,15H,1-2,5,12-13H2. The highest BCUT2D eigenvalue weighted by molar-refractivity contribution is 5.93. The van der Waals surface area contributed by atoms with Crippen LogP contribution in [0.3, 0.4) is 0 Å². The summed E-state index contributed by atoms with van der Waals surface area (Å²) in [6.45, 7) is 1.33. The first-order valence-electron chi connectivity index (χ1n) is 8.20. The van der Waals surface area contributed by atoms with E-state index in [0.29, 0.717) is 43.0 Å². The maximum atomic E-state index is 12.2. The van der Waals surface area contributed by atoms with Crippen LogP contribution in [-0.2, 0) is 19.1 Å². The van der Waals surface area contributed by atoms with Crippen LogP contribution >= 0.6 is 0 Å². The average Bonchev–Trinajstić information content (AvgIpc) is 2.91. The molecule has 26 heavy (non-hydrogen) atoms. The third-order valence-corrected chi connectivity index (χ3v) is 3.51. The fourth-order valence-electron chi connectivity index (χ4n) is 2.15. The van der Waals surface area contributed by atoms with Crippen molar-refractivity contribution in [2.75, 3.05) is 13.2 Å². The van der Waals surface area contributed by atoms with Crippen molar-refractivity contribution in [3.05, 3.63) is 65.5 Å². The van der Waals surface area contributed by atoms with E-state index in [-0.39, 0.29) is 0 Å². The van der Waals surface area contributed by atoms with Crippen molar-refractivity contribution in [2.24, 2.45) is 0 Å². The molecule has 0 aromatic heterocycles. The zero-order valence-corrected chi connectivity index (χ0v) is 14.2. The van der Waals surface area contributed by atoms with Gasteiger partial charge in [0.05, 0.1) is 36.2 Å². The molecule has 0 saturated carbocycles. The summed E-state index contributed by atoms with van der Waals surface area (Å²) >= 11 is 0.